The van der Waals surface area contributed by atoms with Crippen LogP contribution in [0.2, 0.25) is 0 Å². The van der Waals surface area contributed by atoms with E-state index in [4.69, 9.17) is 4.74 Å². The molecule has 4 rings (SSSR count). The Hall–Kier alpha value is -0.620. The minimum absolute atomic E-state index is 0.316. The van der Waals surface area contributed by atoms with Crippen LogP contribution in [0.4, 0.5) is 0 Å². The number of rotatable bonds is 6. The fourth-order valence-electron chi connectivity index (χ4n) is 5.12. The minimum Gasteiger partial charge on any atom is -0.390 e. The number of thiazole rings is 1. The standard InChI is InChI=1S/C20H27NO2S2/c1-12-14-8-9-15(20(14,2)3)18(12)23-10-13(22)11-24-19-21-16-6-4-5-7-17(16)25-19/h4-7,12-15,18,22H,8-11H2,1-3H3. The first-order valence-electron chi connectivity index (χ1n) is 9.25. The zero-order valence-electron chi connectivity index (χ0n) is 15.1. The van der Waals surface area contributed by atoms with Crippen LogP contribution in [0.5, 0.6) is 0 Å². The Labute approximate surface area is 158 Å². The monoisotopic (exact) mass is 377 g/mol. The molecule has 136 valence electrons. The maximum absolute atomic E-state index is 10.4. The molecule has 2 saturated carbocycles. The molecule has 2 aliphatic carbocycles. The number of hydrogen-bond acceptors (Lipinski definition) is 5. The highest BCUT2D eigenvalue weighted by Gasteiger charge is 2.57. The number of aromatic nitrogens is 1. The van der Waals surface area contributed by atoms with Gasteiger partial charge in [-0.2, -0.15) is 0 Å². The third-order valence-corrected chi connectivity index (χ3v) is 8.73. The molecular weight excluding hydrogens is 350 g/mol. The summed E-state index contributed by atoms with van der Waals surface area (Å²) in [7, 11) is 0. The Morgan fingerprint density at radius 3 is 2.80 bits per heavy atom. The van der Waals surface area contributed by atoms with Crippen molar-refractivity contribution in [1.29, 1.82) is 0 Å². The Morgan fingerprint density at radius 1 is 1.32 bits per heavy atom. The molecule has 1 aromatic carbocycles. The second-order valence-corrected chi connectivity index (χ2v) is 10.5. The van der Waals surface area contributed by atoms with Crippen molar-refractivity contribution in [3.8, 4) is 0 Å². The van der Waals surface area contributed by atoms with Gasteiger partial charge in [0.05, 0.1) is 29.0 Å². The third-order valence-electron chi connectivity index (χ3n) is 6.40. The molecule has 5 unspecified atom stereocenters. The van der Waals surface area contributed by atoms with E-state index in [1.54, 1.807) is 23.1 Å². The number of aliphatic hydroxyl groups is 1. The van der Waals surface area contributed by atoms with Crippen LogP contribution in [0.3, 0.4) is 0 Å². The highest BCUT2D eigenvalue weighted by molar-refractivity contribution is 8.01. The molecule has 0 spiro atoms. The van der Waals surface area contributed by atoms with Crippen molar-refractivity contribution in [2.45, 2.75) is 50.2 Å². The Morgan fingerprint density at radius 2 is 2.08 bits per heavy atom. The van der Waals surface area contributed by atoms with Crippen molar-refractivity contribution in [3.05, 3.63) is 24.3 Å². The number of benzene rings is 1. The number of fused-ring (bicyclic) bond motifs is 3. The van der Waals surface area contributed by atoms with Crippen LogP contribution in [-0.4, -0.2) is 34.7 Å². The molecule has 0 saturated heterocycles. The van der Waals surface area contributed by atoms with E-state index in [9.17, 15) is 5.11 Å². The largest absolute Gasteiger partial charge is 0.390 e. The lowest BCUT2D eigenvalue weighted by Gasteiger charge is -2.29. The quantitative estimate of drug-likeness (QED) is 0.732. The van der Waals surface area contributed by atoms with E-state index in [0.29, 0.717) is 35.7 Å². The fourth-order valence-corrected chi connectivity index (χ4v) is 7.12. The smallest absolute Gasteiger partial charge is 0.151 e. The summed E-state index contributed by atoms with van der Waals surface area (Å²) in [5.41, 5.74) is 1.43. The van der Waals surface area contributed by atoms with Gasteiger partial charge in [-0.15, -0.1) is 11.3 Å². The van der Waals surface area contributed by atoms with E-state index in [1.807, 2.05) is 18.2 Å². The van der Waals surface area contributed by atoms with Crippen molar-refractivity contribution >= 4 is 33.3 Å². The lowest BCUT2D eigenvalue weighted by Crippen LogP contribution is -2.32. The average Bonchev–Trinajstić information content (AvgIpc) is 3.18. The predicted molar refractivity (Wildman–Crippen MR) is 105 cm³/mol. The summed E-state index contributed by atoms with van der Waals surface area (Å²) in [5, 5.41) is 10.4. The lowest BCUT2D eigenvalue weighted by molar-refractivity contribution is -0.0506. The summed E-state index contributed by atoms with van der Waals surface area (Å²) in [6.07, 6.45) is 2.50. The number of nitrogens with zero attached hydrogens (tertiary/aromatic N) is 1. The van der Waals surface area contributed by atoms with E-state index in [2.05, 4.69) is 31.8 Å². The van der Waals surface area contributed by atoms with Crippen LogP contribution in [-0.2, 0) is 4.74 Å². The second kappa shape index (κ2) is 6.84. The fraction of sp³-hybridized carbons (Fsp3) is 0.650. The van der Waals surface area contributed by atoms with Crippen molar-refractivity contribution in [1.82, 2.24) is 4.98 Å². The number of para-hydroxylation sites is 1. The number of ether oxygens (including phenoxy) is 1. The van der Waals surface area contributed by atoms with Gasteiger partial charge in [-0.05, 0) is 48.1 Å². The molecule has 5 atom stereocenters. The van der Waals surface area contributed by atoms with Crippen molar-refractivity contribution < 1.29 is 9.84 Å². The molecular formula is C20H27NO2S2. The highest BCUT2D eigenvalue weighted by Crippen LogP contribution is 2.60. The topological polar surface area (TPSA) is 42.4 Å². The first-order chi connectivity index (χ1) is 12.0. The van der Waals surface area contributed by atoms with Gasteiger partial charge >= 0.3 is 0 Å². The molecule has 0 aliphatic heterocycles. The van der Waals surface area contributed by atoms with Crippen molar-refractivity contribution in [3.63, 3.8) is 0 Å². The van der Waals surface area contributed by atoms with Gasteiger partial charge in [0.1, 0.15) is 0 Å². The van der Waals surface area contributed by atoms with Gasteiger partial charge in [0, 0.05) is 5.75 Å². The molecule has 25 heavy (non-hydrogen) atoms. The Kier molecular flexibility index (Phi) is 4.86. The number of thioether (sulfide) groups is 1. The molecule has 0 radical (unpaired) electrons. The molecule has 2 bridgehead atoms. The minimum atomic E-state index is -0.438. The zero-order chi connectivity index (χ0) is 17.6. The lowest BCUT2D eigenvalue weighted by atomic mass is 9.80. The van der Waals surface area contributed by atoms with E-state index in [1.165, 1.54) is 17.5 Å². The van der Waals surface area contributed by atoms with E-state index in [-0.39, 0.29) is 0 Å². The molecule has 3 nitrogen and oxygen atoms in total. The van der Waals surface area contributed by atoms with E-state index < -0.39 is 6.10 Å². The van der Waals surface area contributed by atoms with Crippen molar-refractivity contribution in [2.75, 3.05) is 12.4 Å². The van der Waals surface area contributed by atoms with Crippen LogP contribution in [0.25, 0.3) is 10.2 Å². The maximum Gasteiger partial charge on any atom is 0.151 e. The van der Waals surface area contributed by atoms with Crippen LogP contribution in [0.15, 0.2) is 28.6 Å². The van der Waals surface area contributed by atoms with Gasteiger partial charge in [0.15, 0.2) is 4.34 Å². The van der Waals surface area contributed by atoms with Crippen LogP contribution in [0.1, 0.15) is 33.6 Å². The molecule has 2 aromatic rings. The molecule has 0 amide bonds. The zero-order valence-corrected chi connectivity index (χ0v) is 16.8. The summed E-state index contributed by atoms with van der Waals surface area (Å²) < 4.78 is 8.44. The highest BCUT2D eigenvalue weighted by atomic mass is 32.2. The van der Waals surface area contributed by atoms with Crippen molar-refractivity contribution in [2.24, 2.45) is 23.2 Å². The first-order valence-corrected chi connectivity index (χ1v) is 11.0. The van der Waals surface area contributed by atoms with Gasteiger partial charge in [-0.25, -0.2) is 4.98 Å². The number of hydrogen-bond donors (Lipinski definition) is 1. The number of aliphatic hydroxyl groups excluding tert-OH is 1. The third kappa shape index (κ3) is 3.25. The van der Waals surface area contributed by atoms with Gasteiger partial charge in [0.25, 0.3) is 0 Å². The van der Waals surface area contributed by atoms with Gasteiger partial charge in [-0.1, -0.05) is 44.7 Å². The van der Waals surface area contributed by atoms with Crippen LogP contribution >= 0.6 is 23.1 Å². The van der Waals surface area contributed by atoms with Crippen LogP contribution < -0.4 is 0 Å². The normalized spacial score (nSPS) is 31.7. The maximum atomic E-state index is 10.4. The summed E-state index contributed by atoms with van der Waals surface area (Å²) in [4.78, 5) is 4.61. The second-order valence-electron chi connectivity index (χ2n) is 8.18. The molecule has 5 heteroatoms. The predicted octanol–water partition coefficient (Wildman–Crippen LogP) is 4.84. The first kappa shape index (κ1) is 17.8. The Balaban J connectivity index is 1.29. The summed E-state index contributed by atoms with van der Waals surface area (Å²) in [5.74, 6) is 2.67. The van der Waals surface area contributed by atoms with Gasteiger partial charge in [-0.3, -0.25) is 0 Å². The molecule has 1 N–H and O–H groups in total. The molecule has 1 aromatic heterocycles. The average molecular weight is 378 g/mol. The van der Waals surface area contributed by atoms with E-state index >= 15 is 0 Å². The molecule has 2 fully saturated rings. The van der Waals surface area contributed by atoms with Gasteiger partial charge in [0.2, 0.25) is 0 Å². The summed E-state index contributed by atoms with van der Waals surface area (Å²) in [6, 6.07) is 8.18. The van der Waals surface area contributed by atoms with Gasteiger partial charge < -0.3 is 9.84 Å². The van der Waals surface area contributed by atoms with E-state index in [0.717, 1.165) is 15.8 Å². The summed E-state index contributed by atoms with van der Waals surface area (Å²) >= 11 is 3.32. The SMILES string of the molecule is CC1C(OCC(O)CSc2nc3ccccc3s2)C2CCC1C2(C)C. The molecule has 1 heterocycles. The summed E-state index contributed by atoms with van der Waals surface area (Å²) in [6.45, 7) is 7.56. The Bertz CT molecular complexity index is 711. The molecule has 2 aliphatic rings. The van der Waals surface area contributed by atoms with Crippen LogP contribution in [0, 0.1) is 23.2 Å².